The summed E-state index contributed by atoms with van der Waals surface area (Å²) in [5.41, 5.74) is -0.0514. The molecule has 2 fully saturated rings. The van der Waals surface area contributed by atoms with Gasteiger partial charge in [0.15, 0.2) is 0 Å². The number of nitrogens with one attached hydrogen (secondary N) is 1. The second kappa shape index (κ2) is 5.37. The van der Waals surface area contributed by atoms with Crippen LogP contribution in [-0.4, -0.2) is 32.5 Å². The predicted molar refractivity (Wildman–Crippen MR) is 63.3 cm³/mol. The normalized spacial score (nSPS) is 35.3. The minimum atomic E-state index is -4.21. The van der Waals surface area contributed by atoms with Crippen LogP contribution in [0.4, 0.5) is 13.2 Å². The highest BCUT2D eigenvalue weighted by Gasteiger charge is 2.50. The number of hydrogen-bond acceptors (Lipinski definition) is 2. The molecule has 0 aromatic heterocycles. The van der Waals surface area contributed by atoms with Gasteiger partial charge in [0, 0.05) is 12.0 Å². The third-order valence-corrected chi connectivity index (χ3v) is 4.48. The van der Waals surface area contributed by atoms with Crippen molar-refractivity contribution in [2.24, 2.45) is 17.3 Å². The van der Waals surface area contributed by atoms with Crippen molar-refractivity contribution >= 4 is 0 Å². The van der Waals surface area contributed by atoms with Gasteiger partial charge in [0.05, 0.1) is 6.61 Å². The van der Waals surface area contributed by atoms with Crippen LogP contribution in [0.5, 0.6) is 0 Å². The van der Waals surface area contributed by atoms with Crippen molar-refractivity contribution in [2.45, 2.75) is 38.8 Å². The van der Waals surface area contributed by atoms with E-state index in [0.29, 0.717) is 11.8 Å². The van der Waals surface area contributed by atoms with E-state index in [1.807, 2.05) is 6.92 Å². The first kappa shape index (κ1) is 14.1. The highest BCUT2D eigenvalue weighted by atomic mass is 19.4. The van der Waals surface area contributed by atoms with Gasteiger partial charge in [-0.1, -0.05) is 13.3 Å². The summed E-state index contributed by atoms with van der Waals surface area (Å²) in [5.74, 6) is 1.26. The monoisotopic (exact) mass is 265 g/mol. The number of hydrogen-bond donors (Lipinski definition) is 1. The van der Waals surface area contributed by atoms with E-state index in [-0.39, 0.29) is 12.0 Å². The Labute approximate surface area is 106 Å². The number of alkyl halides is 3. The lowest BCUT2D eigenvalue weighted by Crippen LogP contribution is -2.43. The SMILES string of the molecule is CCNCC1(COCC(F)(F)F)CC2CCC1C2. The smallest absolute Gasteiger partial charge is 0.371 e. The first-order chi connectivity index (χ1) is 8.45. The van der Waals surface area contributed by atoms with Crippen molar-refractivity contribution < 1.29 is 17.9 Å². The Bertz CT molecular complexity index is 282. The first-order valence-corrected chi connectivity index (χ1v) is 6.80. The fourth-order valence-corrected chi connectivity index (χ4v) is 3.75. The molecule has 0 aliphatic heterocycles. The second-order valence-electron chi connectivity index (χ2n) is 5.83. The Hall–Kier alpha value is -0.290. The quantitative estimate of drug-likeness (QED) is 0.797. The molecule has 2 aliphatic carbocycles. The maximum absolute atomic E-state index is 12.2. The molecule has 0 saturated heterocycles. The summed E-state index contributed by atoms with van der Waals surface area (Å²) in [6.45, 7) is 2.82. The summed E-state index contributed by atoms with van der Waals surface area (Å²) < 4.78 is 41.4. The standard InChI is InChI=1S/C13H22F3NO/c1-2-17-7-12(8-18-9-13(14,15)16)6-10-3-4-11(12)5-10/h10-11,17H,2-9H2,1H3. The summed E-state index contributed by atoms with van der Waals surface area (Å²) in [4.78, 5) is 0. The Morgan fingerprint density at radius 1 is 1.33 bits per heavy atom. The molecule has 1 N–H and O–H groups in total. The molecule has 3 atom stereocenters. The maximum atomic E-state index is 12.2. The van der Waals surface area contributed by atoms with Crippen LogP contribution >= 0.6 is 0 Å². The molecule has 2 bridgehead atoms. The minimum absolute atomic E-state index is 0.0514. The Kier molecular flexibility index (Phi) is 4.22. The third-order valence-electron chi connectivity index (χ3n) is 4.48. The molecule has 0 heterocycles. The fourth-order valence-electron chi connectivity index (χ4n) is 3.75. The average molecular weight is 265 g/mol. The van der Waals surface area contributed by atoms with E-state index in [2.05, 4.69) is 5.32 Å². The second-order valence-corrected chi connectivity index (χ2v) is 5.83. The summed E-state index contributed by atoms with van der Waals surface area (Å²) >= 11 is 0. The lowest BCUT2D eigenvalue weighted by atomic mass is 9.73. The Morgan fingerprint density at radius 3 is 2.61 bits per heavy atom. The number of fused-ring (bicyclic) bond motifs is 2. The Balaban J connectivity index is 1.90. The highest BCUT2D eigenvalue weighted by Crippen LogP contribution is 2.55. The zero-order valence-electron chi connectivity index (χ0n) is 10.9. The van der Waals surface area contributed by atoms with E-state index < -0.39 is 12.8 Å². The van der Waals surface area contributed by atoms with Gasteiger partial charge in [-0.25, -0.2) is 0 Å². The molecule has 3 unspecified atom stereocenters. The summed E-state index contributed by atoms with van der Waals surface area (Å²) in [6.07, 6.45) is 0.406. The van der Waals surface area contributed by atoms with Gasteiger partial charge in [-0.2, -0.15) is 13.2 Å². The first-order valence-electron chi connectivity index (χ1n) is 6.80. The van der Waals surface area contributed by atoms with Crippen molar-refractivity contribution in [1.29, 1.82) is 0 Å². The molecule has 0 amide bonds. The van der Waals surface area contributed by atoms with Gasteiger partial charge in [-0.15, -0.1) is 0 Å². The zero-order valence-corrected chi connectivity index (χ0v) is 10.9. The van der Waals surface area contributed by atoms with Crippen LogP contribution in [0.15, 0.2) is 0 Å². The van der Waals surface area contributed by atoms with E-state index in [1.165, 1.54) is 12.8 Å². The van der Waals surface area contributed by atoms with Crippen LogP contribution in [0, 0.1) is 17.3 Å². The summed E-state index contributed by atoms with van der Waals surface area (Å²) in [7, 11) is 0. The highest BCUT2D eigenvalue weighted by molar-refractivity contribution is 5.01. The van der Waals surface area contributed by atoms with Crippen LogP contribution in [0.25, 0.3) is 0 Å². The van der Waals surface area contributed by atoms with Gasteiger partial charge in [0.25, 0.3) is 0 Å². The van der Waals surface area contributed by atoms with Gasteiger partial charge < -0.3 is 10.1 Å². The summed E-state index contributed by atoms with van der Waals surface area (Å²) in [6, 6.07) is 0. The molecule has 2 rings (SSSR count). The van der Waals surface area contributed by atoms with Gasteiger partial charge >= 0.3 is 6.18 Å². The van der Waals surface area contributed by atoms with Crippen LogP contribution in [0.2, 0.25) is 0 Å². The van der Waals surface area contributed by atoms with Crippen LogP contribution < -0.4 is 5.32 Å². The van der Waals surface area contributed by atoms with Crippen molar-refractivity contribution in [3.63, 3.8) is 0 Å². The molecule has 18 heavy (non-hydrogen) atoms. The number of halogens is 3. The largest absolute Gasteiger partial charge is 0.411 e. The van der Waals surface area contributed by atoms with Crippen molar-refractivity contribution in [1.82, 2.24) is 5.32 Å². The molecule has 2 nitrogen and oxygen atoms in total. The van der Waals surface area contributed by atoms with Gasteiger partial charge in [0.1, 0.15) is 6.61 Å². The molecule has 0 spiro atoms. The third kappa shape index (κ3) is 3.18. The molecule has 5 heteroatoms. The van der Waals surface area contributed by atoms with Crippen molar-refractivity contribution in [3.8, 4) is 0 Å². The van der Waals surface area contributed by atoms with Gasteiger partial charge in [-0.3, -0.25) is 0 Å². The number of rotatable bonds is 6. The molecule has 0 aromatic rings. The number of ether oxygens (including phenoxy) is 1. The molecule has 2 saturated carbocycles. The topological polar surface area (TPSA) is 21.3 Å². The molecule has 0 radical (unpaired) electrons. The minimum Gasteiger partial charge on any atom is -0.371 e. The lowest BCUT2D eigenvalue weighted by Gasteiger charge is -2.38. The fraction of sp³-hybridized carbons (Fsp3) is 1.00. The molecular formula is C13H22F3NO. The van der Waals surface area contributed by atoms with E-state index in [1.54, 1.807) is 0 Å². The van der Waals surface area contributed by atoms with Gasteiger partial charge in [0.2, 0.25) is 0 Å². The summed E-state index contributed by atoms with van der Waals surface area (Å²) in [5, 5.41) is 3.30. The predicted octanol–water partition coefficient (Wildman–Crippen LogP) is 2.98. The maximum Gasteiger partial charge on any atom is 0.411 e. The van der Waals surface area contributed by atoms with Gasteiger partial charge in [-0.05, 0) is 37.6 Å². The van der Waals surface area contributed by atoms with E-state index in [4.69, 9.17) is 4.74 Å². The molecule has 106 valence electrons. The van der Waals surface area contributed by atoms with E-state index in [9.17, 15) is 13.2 Å². The lowest BCUT2D eigenvalue weighted by molar-refractivity contribution is -0.183. The van der Waals surface area contributed by atoms with E-state index >= 15 is 0 Å². The average Bonchev–Trinajstić information content (AvgIpc) is 2.85. The van der Waals surface area contributed by atoms with Crippen LogP contribution in [0.3, 0.4) is 0 Å². The van der Waals surface area contributed by atoms with Crippen molar-refractivity contribution in [3.05, 3.63) is 0 Å². The zero-order chi connectivity index (χ0) is 13.2. The van der Waals surface area contributed by atoms with Crippen molar-refractivity contribution in [2.75, 3.05) is 26.3 Å². The molecule has 2 aliphatic rings. The molecular weight excluding hydrogens is 243 g/mol. The van der Waals surface area contributed by atoms with E-state index in [0.717, 1.165) is 25.9 Å². The Morgan fingerprint density at radius 2 is 2.11 bits per heavy atom. The van der Waals surface area contributed by atoms with Crippen LogP contribution in [0.1, 0.15) is 32.6 Å². The molecule has 0 aromatic carbocycles. The van der Waals surface area contributed by atoms with Crippen LogP contribution in [-0.2, 0) is 4.74 Å².